The molecule has 1 saturated heterocycles. The van der Waals surface area contributed by atoms with Gasteiger partial charge in [0.05, 0.1) is 30.6 Å². The van der Waals surface area contributed by atoms with Crippen molar-refractivity contribution in [1.82, 2.24) is 29.9 Å². The van der Waals surface area contributed by atoms with E-state index < -0.39 is 0 Å². The molecule has 4 rings (SSSR count). The van der Waals surface area contributed by atoms with Crippen LogP contribution in [0.3, 0.4) is 0 Å². The van der Waals surface area contributed by atoms with Crippen LogP contribution in [0, 0.1) is 13.8 Å². The molecule has 3 heterocycles. The van der Waals surface area contributed by atoms with Gasteiger partial charge in [-0.1, -0.05) is 12.1 Å². The van der Waals surface area contributed by atoms with Crippen LogP contribution in [0.15, 0.2) is 36.9 Å². The zero-order chi connectivity index (χ0) is 17.2. The second-order valence-corrected chi connectivity index (χ2v) is 6.42. The zero-order valence-electron chi connectivity index (χ0n) is 14.5. The van der Waals surface area contributed by atoms with Crippen LogP contribution in [-0.4, -0.2) is 49.6 Å². The fourth-order valence-corrected chi connectivity index (χ4v) is 3.47. The van der Waals surface area contributed by atoms with Crippen LogP contribution in [0.5, 0.6) is 0 Å². The SMILES string of the molecule is Cc1n[nH]c(C)c1C1COCCN1Cc1ccc(-n2cncn2)cc1. The van der Waals surface area contributed by atoms with Crippen LogP contribution in [0.1, 0.15) is 28.6 Å². The Morgan fingerprint density at radius 2 is 2.08 bits per heavy atom. The molecular weight excluding hydrogens is 316 g/mol. The summed E-state index contributed by atoms with van der Waals surface area (Å²) in [5, 5.41) is 11.6. The highest BCUT2D eigenvalue weighted by molar-refractivity contribution is 5.34. The molecule has 0 bridgehead atoms. The van der Waals surface area contributed by atoms with E-state index in [0.717, 1.165) is 36.8 Å². The summed E-state index contributed by atoms with van der Waals surface area (Å²) < 4.78 is 7.51. The Kier molecular flexibility index (Phi) is 4.33. The molecule has 1 aliphatic rings. The highest BCUT2D eigenvalue weighted by Crippen LogP contribution is 2.29. The smallest absolute Gasteiger partial charge is 0.138 e. The first kappa shape index (κ1) is 16.0. The maximum absolute atomic E-state index is 5.75. The highest BCUT2D eigenvalue weighted by atomic mass is 16.5. The molecule has 0 saturated carbocycles. The average molecular weight is 338 g/mol. The van der Waals surface area contributed by atoms with Gasteiger partial charge in [0.15, 0.2) is 0 Å². The summed E-state index contributed by atoms with van der Waals surface area (Å²) in [4.78, 5) is 6.46. The first-order valence-corrected chi connectivity index (χ1v) is 8.49. The van der Waals surface area contributed by atoms with Crippen LogP contribution in [0.4, 0.5) is 0 Å². The van der Waals surface area contributed by atoms with Gasteiger partial charge in [-0.3, -0.25) is 10.00 Å². The van der Waals surface area contributed by atoms with E-state index in [0.29, 0.717) is 6.61 Å². The second kappa shape index (κ2) is 6.78. The molecule has 0 amide bonds. The molecule has 7 heteroatoms. The van der Waals surface area contributed by atoms with E-state index in [1.54, 1.807) is 17.3 Å². The van der Waals surface area contributed by atoms with Crippen molar-refractivity contribution in [1.29, 1.82) is 0 Å². The lowest BCUT2D eigenvalue weighted by atomic mass is 10.0. The molecule has 0 aliphatic carbocycles. The zero-order valence-corrected chi connectivity index (χ0v) is 14.5. The van der Waals surface area contributed by atoms with Gasteiger partial charge in [-0.2, -0.15) is 10.2 Å². The maximum atomic E-state index is 5.75. The fraction of sp³-hybridized carbons (Fsp3) is 0.389. The number of benzene rings is 1. The van der Waals surface area contributed by atoms with Crippen LogP contribution in [0.2, 0.25) is 0 Å². The third kappa shape index (κ3) is 3.20. The number of hydrogen-bond donors (Lipinski definition) is 1. The second-order valence-electron chi connectivity index (χ2n) is 6.42. The van der Waals surface area contributed by atoms with Crippen molar-refractivity contribution in [3.05, 3.63) is 59.4 Å². The van der Waals surface area contributed by atoms with Crippen LogP contribution in [0.25, 0.3) is 5.69 Å². The van der Waals surface area contributed by atoms with Crippen LogP contribution >= 0.6 is 0 Å². The fourth-order valence-electron chi connectivity index (χ4n) is 3.47. The average Bonchev–Trinajstić information content (AvgIpc) is 3.27. The van der Waals surface area contributed by atoms with Crippen molar-refractivity contribution in [3.8, 4) is 5.69 Å². The summed E-state index contributed by atoms with van der Waals surface area (Å²) in [6, 6.07) is 8.70. The van der Waals surface area contributed by atoms with E-state index in [4.69, 9.17) is 4.74 Å². The molecule has 1 aromatic carbocycles. The van der Waals surface area contributed by atoms with Crippen molar-refractivity contribution in [2.45, 2.75) is 26.4 Å². The van der Waals surface area contributed by atoms with Crippen molar-refractivity contribution < 1.29 is 4.74 Å². The molecule has 130 valence electrons. The molecule has 3 aromatic rings. The third-order valence-corrected chi connectivity index (χ3v) is 4.76. The minimum Gasteiger partial charge on any atom is -0.378 e. The number of aryl methyl sites for hydroxylation is 2. The van der Waals surface area contributed by atoms with E-state index in [1.807, 2.05) is 0 Å². The Morgan fingerprint density at radius 1 is 1.24 bits per heavy atom. The van der Waals surface area contributed by atoms with Gasteiger partial charge >= 0.3 is 0 Å². The number of H-pyrrole nitrogens is 1. The Labute approximate surface area is 146 Å². The number of ether oxygens (including phenoxy) is 1. The van der Waals surface area contributed by atoms with E-state index >= 15 is 0 Å². The highest BCUT2D eigenvalue weighted by Gasteiger charge is 2.28. The van der Waals surface area contributed by atoms with Crippen LogP contribution < -0.4 is 0 Å². The van der Waals surface area contributed by atoms with E-state index in [2.05, 4.69) is 63.3 Å². The van der Waals surface area contributed by atoms with Crippen molar-refractivity contribution in [2.24, 2.45) is 0 Å². The van der Waals surface area contributed by atoms with Crippen molar-refractivity contribution in [3.63, 3.8) is 0 Å². The summed E-state index contributed by atoms with van der Waals surface area (Å²) in [6.07, 6.45) is 3.25. The number of hydrogen-bond acceptors (Lipinski definition) is 5. The van der Waals surface area contributed by atoms with Crippen molar-refractivity contribution in [2.75, 3.05) is 19.8 Å². The third-order valence-electron chi connectivity index (χ3n) is 4.76. The molecular formula is C18H22N6O. The lowest BCUT2D eigenvalue weighted by molar-refractivity contribution is -0.0131. The molecule has 1 atom stereocenters. The van der Waals surface area contributed by atoms with E-state index in [9.17, 15) is 0 Å². The Hall–Kier alpha value is -2.51. The predicted octanol–water partition coefficient (Wildman–Crippen LogP) is 2.18. The number of morpholine rings is 1. The number of aromatic amines is 1. The Bertz CT molecular complexity index is 804. The van der Waals surface area contributed by atoms with Gasteiger partial charge in [-0.25, -0.2) is 9.67 Å². The minimum atomic E-state index is 0.238. The molecule has 0 spiro atoms. The molecule has 1 fully saturated rings. The molecule has 0 radical (unpaired) electrons. The summed E-state index contributed by atoms with van der Waals surface area (Å²) in [6.45, 7) is 7.41. The van der Waals surface area contributed by atoms with Gasteiger partial charge in [0.25, 0.3) is 0 Å². The number of aromatic nitrogens is 5. The molecule has 1 N–H and O–H groups in total. The monoisotopic (exact) mass is 338 g/mol. The predicted molar refractivity (Wildman–Crippen MR) is 93.4 cm³/mol. The molecule has 1 unspecified atom stereocenters. The Morgan fingerprint density at radius 3 is 2.76 bits per heavy atom. The normalized spacial score (nSPS) is 18.6. The summed E-state index contributed by atoms with van der Waals surface area (Å²) in [5.74, 6) is 0. The van der Waals surface area contributed by atoms with Gasteiger partial charge < -0.3 is 4.74 Å². The van der Waals surface area contributed by atoms with E-state index in [-0.39, 0.29) is 6.04 Å². The number of nitrogens with one attached hydrogen (secondary N) is 1. The first-order chi connectivity index (χ1) is 12.2. The summed E-state index contributed by atoms with van der Waals surface area (Å²) in [7, 11) is 0. The molecule has 25 heavy (non-hydrogen) atoms. The largest absolute Gasteiger partial charge is 0.378 e. The van der Waals surface area contributed by atoms with Gasteiger partial charge in [0.2, 0.25) is 0 Å². The topological polar surface area (TPSA) is 71.9 Å². The van der Waals surface area contributed by atoms with Gasteiger partial charge in [0, 0.05) is 24.3 Å². The molecule has 2 aromatic heterocycles. The summed E-state index contributed by atoms with van der Waals surface area (Å²) in [5.41, 5.74) is 5.73. The standard InChI is InChI=1S/C18H22N6O/c1-13-18(14(2)22-21-13)17-10-25-8-7-23(17)9-15-3-5-16(6-4-15)24-12-19-11-20-24/h3-6,11-12,17H,7-10H2,1-2H3,(H,21,22). The van der Waals surface area contributed by atoms with Crippen LogP contribution in [-0.2, 0) is 11.3 Å². The lowest BCUT2D eigenvalue weighted by Gasteiger charge is -2.36. The van der Waals surface area contributed by atoms with Gasteiger partial charge in [-0.05, 0) is 31.5 Å². The number of nitrogens with zero attached hydrogens (tertiary/aromatic N) is 5. The van der Waals surface area contributed by atoms with E-state index in [1.165, 1.54) is 11.1 Å². The number of rotatable bonds is 4. The van der Waals surface area contributed by atoms with Gasteiger partial charge in [-0.15, -0.1) is 0 Å². The minimum absolute atomic E-state index is 0.238. The Balaban J connectivity index is 1.54. The first-order valence-electron chi connectivity index (χ1n) is 8.49. The maximum Gasteiger partial charge on any atom is 0.138 e. The van der Waals surface area contributed by atoms with Crippen molar-refractivity contribution >= 4 is 0 Å². The van der Waals surface area contributed by atoms with Gasteiger partial charge in [0.1, 0.15) is 12.7 Å². The quantitative estimate of drug-likeness (QED) is 0.789. The lowest BCUT2D eigenvalue weighted by Crippen LogP contribution is -2.39. The summed E-state index contributed by atoms with van der Waals surface area (Å²) >= 11 is 0. The molecule has 1 aliphatic heterocycles. The molecule has 7 nitrogen and oxygen atoms in total.